The zero-order valence-electron chi connectivity index (χ0n) is 2.53. The van der Waals surface area contributed by atoms with Crippen LogP contribution >= 0.6 is 12.4 Å². The normalized spacial score (nSPS) is 7.25. The van der Waals surface area contributed by atoms with Gasteiger partial charge >= 0.3 is 69.5 Å². The maximum atomic E-state index is 8.74. The summed E-state index contributed by atoms with van der Waals surface area (Å²) in [5, 5.41) is 0. The van der Waals surface area contributed by atoms with Crippen molar-refractivity contribution in [3.8, 4) is 0 Å². The average molecular weight is 183 g/mol. The number of hydrogen-bond donors (Lipinski definition) is 2. The molecule has 0 saturated heterocycles. The second-order valence-electron chi connectivity index (χ2n) is 0.448. The second kappa shape index (κ2) is 9.16. The third kappa shape index (κ3) is 89.7. The van der Waals surface area contributed by atoms with Crippen molar-refractivity contribution in [2.75, 3.05) is 0 Å². The maximum absolute atomic E-state index is 8.74. The second-order valence-corrected chi connectivity index (χ2v) is 1.34. The average Bonchev–Trinajstić information content (AvgIpc) is 0.722. The standard InChI is InChI=1S/ClH.2Na.H2O4S.2H/c;;;1-5(2,3)4;;/h1H;;;(H2,1,2,3,4);;. The molecule has 0 radical (unpaired) electrons. The monoisotopic (exact) mass is 182 g/mol. The van der Waals surface area contributed by atoms with E-state index in [2.05, 4.69) is 0 Å². The van der Waals surface area contributed by atoms with Crippen molar-refractivity contribution in [3.63, 3.8) is 0 Å². The molecule has 0 rings (SSSR count). The summed E-state index contributed by atoms with van der Waals surface area (Å²) in [5.41, 5.74) is 0. The molecule has 8 heteroatoms. The summed E-state index contributed by atoms with van der Waals surface area (Å²) < 4.78 is 31.6. The van der Waals surface area contributed by atoms with Crippen LogP contribution in [0.1, 0.15) is 0 Å². The van der Waals surface area contributed by atoms with E-state index in [9.17, 15) is 0 Å². The van der Waals surface area contributed by atoms with Crippen LogP contribution in [0.25, 0.3) is 0 Å². The Morgan fingerprint density at radius 2 is 1.00 bits per heavy atom. The molecule has 0 amide bonds. The Hall–Kier alpha value is 2.16. The van der Waals surface area contributed by atoms with Gasteiger partial charge < -0.3 is 0 Å². The predicted octanol–water partition coefficient (Wildman–Crippen LogP) is -1.53. The Balaban J connectivity index is -0.0000000267. The zero-order chi connectivity index (χ0) is 4.50. The van der Waals surface area contributed by atoms with E-state index in [1.807, 2.05) is 0 Å². The minimum absolute atomic E-state index is 0. The van der Waals surface area contributed by atoms with E-state index >= 15 is 0 Å². The fourth-order valence-corrected chi connectivity index (χ4v) is 0. The Morgan fingerprint density at radius 3 is 1.00 bits per heavy atom. The summed E-state index contributed by atoms with van der Waals surface area (Å²) in [7, 11) is -4.67. The van der Waals surface area contributed by atoms with Gasteiger partial charge in [-0.25, -0.2) is 0 Å². The number of hydrogen-bond acceptors (Lipinski definition) is 2. The molecule has 0 aliphatic rings. The molecule has 0 fully saturated rings. The molecule has 44 valence electrons. The van der Waals surface area contributed by atoms with Crippen molar-refractivity contribution in [2.45, 2.75) is 0 Å². The van der Waals surface area contributed by atoms with Crippen LogP contribution in [0, 0.1) is 0 Å². The molecule has 0 heterocycles. The van der Waals surface area contributed by atoms with Crippen LogP contribution in [0.15, 0.2) is 0 Å². The molecule has 0 aliphatic carbocycles. The van der Waals surface area contributed by atoms with Gasteiger partial charge in [-0.15, -0.1) is 12.4 Å². The van der Waals surface area contributed by atoms with Gasteiger partial charge in [0.05, 0.1) is 0 Å². The molecule has 4 nitrogen and oxygen atoms in total. The van der Waals surface area contributed by atoms with E-state index in [-0.39, 0.29) is 71.5 Å². The summed E-state index contributed by atoms with van der Waals surface area (Å²) in [5.74, 6) is 0. The molecular formula is H5ClNa2O4S. The molecule has 0 aliphatic heterocycles. The van der Waals surface area contributed by atoms with E-state index in [0.717, 1.165) is 0 Å². The van der Waals surface area contributed by atoms with Crippen LogP contribution in [0.2, 0.25) is 0 Å². The molecule has 0 bridgehead atoms. The molecule has 0 aromatic carbocycles. The Morgan fingerprint density at radius 1 is 1.00 bits per heavy atom. The molecular weight excluding hydrogens is 177 g/mol. The van der Waals surface area contributed by atoms with Gasteiger partial charge in [0.25, 0.3) is 0 Å². The van der Waals surface area contributed by atoms with Crippen LogP contribution in [-0.2, 0) is 10.4 Å². The Labute approximate surface area is 98.0 Å². The Bertz CT molecular complexity index is 97.2. The summed E-state index contributed by atoms with van der Waals surface area (Å²) in [6.45, 7) is 0. The van der Waals surface area contributed by atoms with Gasteiger partial charge in [-0.2, -0.15) is 8.42 Å². The number of halogens is 1. The van der Waals surface area contributed by atoms with E-state index in [0.29, 0.717) is 0 Å². The van der Waals surface area contributed by atoms with Gasteiger partial charge in [-0.05, 0) is 0 Å². The molecule has 0 atom stereocenters. The molecule has 0 saturated carbocycles. The van der Waals surface area contributed by atoms with Crippen LogP contribution in [0.3, 0.4) is 0 Å². The van der Waals surface area contributed by atoms with E-state index in [1.165, 1.54) is 0 Å². The third-order valence-corrected chi connectivity index (χ3v) is 0. The summed E-state index contributed by atoms with van der Waals surface area (Å²) in [6, 6.07) is 0. The van der Waals surface area contributed by atoms with Crippen molar-refractivity contribution >= 4 is 81.9 Å². The SMILES string of the molecule is Cl.O=S(=O)(O)O.[NaH].[NaH]. The number of rotatable bonds is 0. The minimum atomic E-state index is -4.67. The van der Waals surface area contributed by atoms with Gasteiger partial charge in [-0.3, -0.25) is 9.11 Å². The first-order valence-electron chi connectivity index (χ1n) is 0.698. The molecule has 0 aromatic rings. The van der Waals surface area contributed by atoms with Crippen LogP contribution in [0.4, 0.5) is 0 Å². The summed E-state index contributed by atoms with van der Waals surface area (Å²) in [4.78, 5) is 0. The van der Waals surface area contributed by atoms with Gasteiger partial charge in [0, 0.05) is 0 Å². The molecule has 0 aromatic heterocycles. The van der Waals surface area contributed by atoms with Crippen molar-refractivity contribution < 1.29 is 17.5 Å². The fraction of sp³-hybridized carbons (Fsp3) is 0. The zero-order valence-corrected chi connectivity index (χ0v) is 4.16. The van der Waals surface area contributed by atoms with Crippen LogP contribution < -0.4 is 0 Å². The van der Waals surface area contributed by atoms with E-state index in [4.69, 9.17) is 17.5 Å². The van der Waals surface area contributed by atoms with E-state index in [1.54, 1.807) is 0 Å². The fourth-order valence-electron chi connectivity index (χ4n) is 0. The van der Waals surface area contributed by atoms with Gasteiger partial charge in [0.2, 0.25) is 0 Å². The van der Waals surface area contributed by atoms with Crippen molar-refractivity contribution in [1.29, 1.82) is 0 Å². The first-order chi connectivity index (χ1) is 2.00. The van der Waals surface area contributed by atoms with Crippen LogP contribution in [0.5, 0.6) is 0 Å². The van der Waals surface area contributed by atoms with Crippen LogP contribution in [-0.4, -0.2) is 76.6 Å². The molecule has 0 unspecified atom stereocenters. The first kappa shape index (κ1) is 22.5. The van der Waals surface area contributed by atoms with Gasteiger partial charge in [0.15, 0.2) is 0 Å². The molecule has 8 heavy (non-hydrogen) atoms. The van der Waals surface area contributed by atoms with Crippen molar-refractivity contribution in [1.82, 2.24) is 0 Å². The topological polar surface area (TPSA) is 74.6 Å². The van der Waals surface area contributed by atoms with Crippen molar-refractivity contribution in [3.05, 3.63) is 0 Å². The van der Waals surface area contributed by atoms with Gasteiger partial charge in [-0.1, -0.05) is 0 Å². The van der Waals surface area contributed by atoms with E-state index < -0.39 is 10.4 Å². The Kier molecular flexibility index (Phi) is 25.7. The van der Waals surface area contributed by atoms with Crippen molar-refractivity contribution in [2.24, 2.45) is 0 Å². The quantitative estimate of drug-likeness (QED) is 0.352. The van der Waals surface area contributed by atoms with Gasteiger partial charge in [0.1, 0.15) is 0 Å². The summed E-state index contributed by atoms with van der Waals surface area (Å²) in [6.07, 6.45) is 0. The molecule has 0 spiro atoms. The predicted molar refractivity (Wildman–Crippen MR) is 35.7 cm³/mol. The first-order valence-corrected chi connectivity index (χ1v) is 2.10. The summed E-state index contributed by atoms with van der Waals surface area (Å²) >= 11 is 0. The molecule has 2 N–H and O–H groups in total. The third-order valence-electron chi connectivity index (χ3n) is 0.